The third-order valence-electron chi connectivity index (χ3n) is 4.26. The predicted octanol–water partition coefficient (Wildman–Crippen LogP) is 1.87. The Labute approximate surface area is 167 Å². The second kappa shape index (κ2) is 8.55. The Kier molecular flexibility index (Phi) is 5.92. The van der Waals surface area contributed by atoms with Crippen molar-refractivity contribution in [2.75, 3.05) is 6.61 Å². The van der Waals surface area contributed by atoms with Gasteiger partial charge < -0.3 is 4.74 Å². The standard InChI is InChI=1S/C21H22N4O4/c1-4-25-21(28)17-8-6-5-7-16(17)19(24-25)20(27)23-22-18(26)12-29-15-10-13(2)9-14(3)11-15/h5-11H,4,12H2,1-3H3,(H,22,26)(H,23,27). The fourth-order valence-corrected chi connectivity index (χ4v) is 3.00. The van der Waals surface area contributed by atoms with Gasteiger partial charge in [-0.15, -0.1) is 0 Å². The van der Waals surface area contributed by atoms with E-state index < -0.39 is 11.8 Å². The summed E-state index contributed by atoms with van der Waals surface area (Å²) in [5.41, 5.74) is 6.46. The average Bonchev–Trinajstić information content (AvgIpc) is 2.70. The zero-order valence-electron chi connectivity index (χ0n) is 16.5. The van der Waals surface area contributed by atoms with Crippen LogP contribution in [0.3, 0.4) is 0 Å². The van der Waals surface area contributed by atoms with E-state index in [9.17, 15) is 14.4 Å². The lowest BCUT2D eigenvalue weighted by molar-refractivity contribution is -0.123. The van der Waals surface area contributed by atoms with Crippen LogP contribution >= 0.6 is 0 Å². The van der Waals surface area contributed by atoms with Gasteiger partial charge in [0.1, 0.15) is 5.75 Å². The molecule has 3 rings (SSSR count). The largest absolute Gasteiger partial charge is 0.484 e. The van der Waals surface area contributed by atoms with Gasteiger partial charge in [-0.1, -0.05) is 24.3 Å². The minimum absolute atomic E-state index is 0.0533. The highest BCUT2D eigenvalue weighted by molar-refractivity contribution is 6.05. The molecule has 2 aromatic carbocycles. The van der Waals surface area contributed by atoms with E-state index in [1.54, 1.807) is 31.2 Å². The van der Waals surface area contributed by atoms with Crippen molar-refractivity contribution in [1.29, 1.82) is 0 Å². The summed E-state index contributed by atoms with van der Waals surface area (Å²) < 4.78 is 6.68. The minimum atomic E-state index is -0.622. The molecule has 3 aromatic rings. The molecule has 0 saturated heterocycles. The number of fused-ring (bicyclic) bond motifs is 1. The van der Waals surface area contributed by atoms with Crippen LogP contribution in [0.5, 0.6) is 5.75 Å². The molecule has 1 heterocycles. The summed E-state index contributed by atoms with van der Waals surface area (Å²) in [6, 6.07) is 12.4. The summed E-state index contributed by atoms with van der Waals surface area (Å²) in [7, 11) is 0. The van der Waals surface area contributed by atoms with Crippen molar-refractivity contribution >= 4 is 22.6 Å². The molecule has 0 unspecified atom stereocenters. The Morgan fingerprint density at radius 2 is 1.69 bits per heavy atom. The molecule has 150 valence electrons. The van der Waals surface area contributed by atoms with Gasteiger partial charge >= 0.3 is 0 Å². The van der Waals surface area contributed by atoms with Crippen LogP contribution in [0.2, 0.25) is 0 Å². The van der Waals surface area contributed by atoms with Crippen LogP contribution < -0.4 is 21.1 Å². The molecule has 0 atom stereocenters. The first kappa shape index (κ1) is 20.1. The van der Waals surface area contributed by atoms with Gasteiger partial charge in [-0.25, -0.2) is 4.68 Å². The SMILES string of the molecule is CCn1nc(C(=O)NNC(=O)COc2cc(C)cc(C)c2)c2ccccc2c1=O. The molecule has 0 fully saturated rings. The first-order valence-corrected chi connectivity index (χ1v) is 9.19. The lowest BCUT2D eigenvalue weighted by atomic mass is 10.1. The Balaban J connectivity index is 1.68. The number of aryl methyl sites for hydroxylation is 3. The predicted molar refractivity (Wildman–Crippen MR) is 109 cm³/mol. The van der Waals surface area contributed by atoms with E-state index in [0.29, 0.717) is 23.1 Å². The Morgan fingerprint density at radius 1 is 1.03 bits per heavy atom. The van der Waals surface area contributed by atoms with Crippen LogP contribution in [0.4, 0.5) is 0 Å². The molecule has 2 amide bonds. The molecule has 29 heavy (non-hydrogen) atoms. The van der Waals surface area contributed by atoms with E-state index in [4.69, 9.17) is 4.74 Å². The lowest BCUT2D eigenvalue weighted by Crippen LogP contribution is -2.44. The van der Waals surface area contributed by atoms with Crippen molar-refractivity contribution in [2.24, 2.45) is 0 Å². The van der Waals surface area contributed by atoms with Crippen LogP contribution in [0, 0.1) is 13.8 Å². The normalized spacial score (nSPS) is 10.6. The molecular weight excluding hydrogens is 372 g/mol. The second-order valence-electron chi connectivity index (χ2n) is 6.63. The number of hydrogen-bond donors (Lipinski definition) is 2. The summed E-state index contributed by atoms with van der Waals surface area (Å²) in [6.45, 7) is 5.70. The second-order valence-corrected chi connectivity index (χ2v) is 6.63. The van der Waals surface area contributed by atoms with E-state index >= 15 is 0 Å². The van der Waals surface area contributed by atoms with Crippen LogP contribution in [-0.2, 0) is 11.3 Å². The quantitative estimate of drug-likeness (QED) is 0.643. The lowest BCUT2D eigenvalue weighted by Gasteiger charge is -2.11. The molecule has 0 aliphatic carbocycles. The van der Waals surface area contributed by atoms with Crippen molar-refractivity contribution in [3.8, 4) is 5.75 Å². The van der Waals surface area contributed by atoms with Crippen molar-refractivity contribution in [3.63, 3.8) is 0 Å². The molecule has 8 nitrogen and oxygen atoms in total. The van der Waals surface area contributed by atoms with E-state index in [0.717, 1.165) is 11.1 Å². The summed E-state index contributed by atoms with van der Waals surface area (Å²) in [5, 5.41) is 4.92. The van der Waals surface area contributed by atoms with E-state index in [2.05, 4.69) is 16.0 Å². The zero-order valence-corrected chi connectivity index (χ0v) is 16.5. The van der Waals surface area contributed by atoms with Gasteiger partial charge in [0.05, 0.1) is 5.39 Å². The first-order chi connectivity index (χ1) is 13.9. The molecular formula is C21H22N4O4. The molecule has 0 spiro atoms. The summed E-state index contributed by atoms with van der Waals surface area (Å²) in [4.78, 5) is 36.9. The van der Waals surface area contributed by atoms with Crippen LogP contribution in [0.25, 0.3) is 10.8 Å². The highest BCUT2D eigenvalue weighted by Gasteiger charge is 2.17. The van der Waals surface area contributed by atoms with Crippen LogP contribution in [-0.4, -0.2) is 28.2 Å². The van der Waals surface area contributed by atoms with Crippen molar-refractivity contribution < 1.29 is 14.3 Å². The molecule has 1 aromatic heterocycles. The first-order valence-electron chi connectivity index (χ1n) is 9.19. The van der Waals surface area contributed by atoms with Gasteiger partial charge in [0.2, 0.25) is 0 Å². The summed E-state index contributed by atoms with van der Waals surface area (Å²) in [5.74, 6) is -0.569. The molecule has 8 heteroatoms. The number of carbonyl (C=O) groups is 2. The van der Waals surface area contributed by atoms with Gasteiger partial charge in [0, 0.05) is 11.9 Å². The summed E-state index contributed by atoms with van der Waals surface area (Å²) >= 11 is 0. The van der Waals surface area contributed by atoms with Crippen molar-refractivity contribution in [3.05, 3.63) is 69.6 Å². The fraction of sp³-hybridized carbons (Fsp3) is 0.238. The van der Waals surface area contributed by atoms with Crippen LogP contribution in [0.15, 0.2) is 47.3 Å². The zero-order chi connectivity index (χ0) is 21.0. The number of hydrogen-bond acceptors (Lipinski definition) is 5. The maximum atomic E-state index is 12.6. The summed E-state index contributed by atoms with van der Waals surface area (Å²) in [6.07, 6.45) is 0. The van der Waals surface area contributed by atoms with Gasteiger partial charge in [0.25, 0.3) is 17.4 Å². The Hall–Kier alpha value is -3.68. The number of carbonyl (C=O) groups excluding carboxylic acids is 2. The van der Waals surface area contributed by atoms with Gasteiger partial charge in [-0.05, 0) is 50.1 Å². The molecule has 0 bridgehead atoms. The van der Waals surface area contributed by atoms with E-state index in [1.807, 2.05) is 32.0 Å². The topological polar surface area (TPSA) is 102 Å². The highest BCUT2D eigenvalue weighted by atomic mass is 16.5. The van der Waals surface area contributed by atoms with E-state index in [-0.39, 0.29) is 17.9 Å². The minimum Gasteiger partial charge on any atom is -0.484 e. The van der Waals surface area contributed by atoms with Gasteiger partial charge in [0.15, 0.2) is 12.3 Å². The smallest absolute Gasteiger partial charge is 0.290 e. The third-order valence-corrected chi connectivity index (χ3v) is 4.26. The monoisotopic (exact) mass is 394 g/mol. The Morgan fingerprint density at radius 3 is 2.34 bits per heavy atom. The maximum absolute atomic E-state index is 12.6. The van der Waals surface area contributed by atoms with Gasteiger partial charge in [-0.3, -0.25) is 25.2 Å². The molecule has 0 radical (unpaired) electrons. The average molecular weight is 394 g/mol. The maximum Gasteiger partial charge on any atom is 0.290 e. The van der Waals surface area contributed by atoms with E-state index in [1.165, 1.54) is 4.68 Å². The number of ether oxygens (including phenoxy) is 1. The van der Waals surface area contributed by atoms with Gasteiger partial charge in [-0.2, -0.15) is 5.10 Å². The number of rotatable bonds is 5. The molecule has 0 saturated carbocycles. The fourth-order valence-electron chi connectivity index (χ4n) is 3.00. The van der Waals surface area contributed by atoms with Crippen molar-refractivity contribution in [1.82, 2.24) is 20.6 Å². The van der Waals surface area contributed by atoms with Crippen LogP contribution in [0.1, 0.15) is 28.5 Å². The number of nitrogens with zero attached hydrogens (tertiary/aromatic N) is 2. The van der Waals surface area contributed by atoms with Crippen molar-refractivity contribution in [2.45, 2.75) is 27.3 Å². The number of nitrogens with one attached hydrogen (secondary N) is 2. The number of amides is 2. The highest BCUT2D eigenvalue weighted by Crippen LogP contribution is 2.16. The molecule has 0 aliphatic heterocycles. The Bertz CT molecular complexity index is 1120. The number of aromatic nitrogens is 2. The molecule has 0 aliphatic rings. The number of benzene rings is 2. The third kappa shape index (κ3) is 4.60. The number of hydrazine groups is 1. The molecule has 2 N–H and O–H groups in total.